The van der Waals surface area contributed by atoms with Gasteiger partial charge in [-0.15, -0.1) is 0 Å². The molecule has 0 bridgehead atoms. The molecule has 3 rings (SSSR count). The molecule has 1 fully saturated rings. The number of hydrogen-bond donors (Lipinski definition) is 0. The van der Waals surface area contributed by atoms with Crippen molar-refractivity contribution in [2.75, 3.05) is 4.31 Å². The first-order chi connectivity index (χ1) is 8.84. The highest BCUT2D eigenvalue weighted by molar-refractivity contribution is 8.15. The van der Waals surface area contributed by atoms with Crippen LogP contribution in [0.15, 0.2) is 60.7 Å². The normalized spacial score (nSPS) is 19.2. The summed E-state index contributed by atoms with van der Waals surface area (Å²) in [4.78, 5) is 11.7. The van der Waals surface area contributed by atoms with Gasteiger partial charge in [-0.1, -0.05) is 48.5 Å². The second-order valence-corrected chi connectivity index (χ2v) is 5.29. The van der Waals surface area contributed by atoms with Crippen LogP contribution in [0.4, 0.5) is 5.69 Å². The monoisotopic (exact) mass is 255 g/mol. The third-order valence-electron chi connectivity index (χ3n) is 3.04. The molecule has 0 aromatic heterocycles. The average molecular weight is 255 g/mol. The smallest absolute Gasteiger partial charge is 0.211 e. The molecular weight excluding hydrogens is 242 g/mol. The Balaban J connectivity index is 1.96. The van der Waals surface area contributed by atoms with Crippen LogP contribution in [0.2, 0.25) is 0 Å². The molecule has 2 aromatic rings. The summed E-state index contributed by atoms with van der Waals surface area (Å²) in [5.74, 6) is 0. The molecule has 3 heteroatoms. The fraction of sp³-hybridized carbons (Fsp3) is 0.133. The van der Waals surface area contributed by atoms with E-state index in [-0.39, 0.29) is 11.2 Å². The molecule has 1 saturated heterocycles. The van der Waals surface area contributed by atoms with Crippen molar-refractivity contribution in [1.29, 1.82) is 0 Å². The molecule has 0 N–H and O–H groups in total. The zero-order valence-electron chi connectivity index (χ0n) is 9.82. The van der Waals surface area contributed by atoms with E-state index in [0.29, 0.717) is 6.42 Å². The third kappa shape index (κ3) is 2.14. The van der Waals surface area contributed by atoms with Gasteiger partial charge >= 0.3 is 0 Å². The fourth-order valence-electron chi connectivity index (χ4n) is 2.19. The predicted molar refractivity (Wildman–Crippen MR) is 75.3 cm³/mol. The van der Waals surface area contributed by atoms with Crippen LogP contribution in [0.25, 0.3) is 0 Å². The van der Waals surface area contributed by atoms with Gasteiger partial charge in [0.1, 0.15) is 0 Å². The van der Waals surface area contributed by atoms with Gasteiger partial charge in [0.2, 0.25) is 5.12 Å². The molecule has 0 amide bonds. The zero-order valence-corrected chi connectivity index (χ0v) is 10.6. The van der Waals surface area contributed by atoms with Crippen molar-refractivity contribution in [2.45, 2.75) is 12.5 Å². The quantitative estimate of drug-likeness (QED) is 0.761. The third-order valence-corrected chi connectivity index (χ3v) is 4.07. The Bertz CT molecular complexity index is 491. The maximum atomic E-state index is 11.7. The summed E-state index contributed by atoms with van der Waals surface area (Å²) in [7, 11) is 0. The number of carbonyl (C=O) groups is 1. The van der Waals surface area contributed by atoms with Crippen molar-refractivity contribution >= 4 is 22.8 Å². The van der Waals surface area contributed by atoms with Crippen molar-refractivity contribution in [3.8, 4) is 0 Å². The highest BCUT2D eigenvalue weighted by Crippen LogP contribution is 2.42. The first-order valence-corrected chi connectivity index (χ1v) is 6.72. The van der Waals surface area contributed by atoms with Crippen molar-refractivity contribution < 1.29 is 4.79 Å². The Morgan fingerprint density at radius 2 is 1.56 bits per heavy atom. The van der Waals surface area contributed by atoms with Gasteiger partial charge in [0.15, 0.2) is 0 Å². The van der Waals surface area contributed by atoms with Gasteiger partial charge < -0.3 is 4.31 Å². The highest BCUT2D eigenvalue weighted by atomic mass is 32.2. The minimum Gasteiger partial charge on any atom is -0.302 e. The molecule has 0 spiro atoms. The van der Waals surface area contributed by atoms with Crippen molar-refractivity contribution in [1.82, 2.24) is 0 Å². The van der Waals surface area contributed by atoms with E-state index in [1.165, 1.54) is 17.5 Å². The Morgan fingerprint density at radius 1 is 0.944 bits per heavy atom. The van der Waals surface area contributed by atoms with E-state index in [2.05, 4.69) is 16.4 Å². The standard InChI is InChI=1S/C15H13NOS/c17-15-11-14(12-7-3-1-4-8-12)16(18-15)13-9-5-2-6-10-13/h1-10,14H,11H2. The maximum absolute atomic E-state index is 11.7. The summed E-state index contributed by atoms with van der Waals surface area (Å²) >= 11 is 1.32. The Morgan fingerprint density at radius 3 is 2.22 bits per heavy atom. The molecular formula is C15H13NOS. The van der Waals surface area contributed by atoms with Crippen LogP contribution >= 0.6 is 11.9 Å². The number of rotatable bonds is 2. The van der Waals surface area contributed by atoms with E-state index >= 15 is 0 Å². The lowest BCUT2D eigenvalue weighted by molar-refractivity contribution is -0.110. The van der Waals surface area contributed by atoms with Gasteiger partial charge in [-0.2, -0.15) is 0 Å². The van der Waals surface area contributed by atoms with Crippen LogP contribution in [0.5, 0.6) is 0 Å². The van der Waals surface area contributed by atoms with Crippen LogP contribution < -0.4 is 4.31 Å². The molecule has 18 heavy (non-hydrogen) atoms. The minimum atomic E-state index is 0.145. The van der Waals surface area contributed by atoms with Gasteiger partial charge in [0, 0.05) is 24.1 Å². The topological polar surface area (TPSA) is 20.3 Å². The van der Waals surface area contributed by atoms with Crippen LogP contribution in [0.1, 0.15) is 18.0 Å². The summed E-state index contributed by atoms with van der Waals surface area (Å²) in [5.41, 5.74) is 2.28. The lowest BCUT2D eigenvalue weighted by Gasteiger charge is -2.24. The van der Waals surface area contributed by atoms with E-state index in [9.17, 15) is 4.79 Å². The average Bonchev–Trinajstić information content (AvgIpc) is 2.83. The Labute approximate surface area is 111 Å². The zero-order chi connectivity index (χ0) is 12.4. The molecule has 1 atom stereocenters. The van der Waals surface area contributed by atoms with E-state index in [1.54, 1.807) is 0 Å². The van der Waals surface area contributed by atoms with Crippen LogP contribution in [-0.2, 0) is 4.79 Å². The van der Waals surface area contributed by atoms with Crippen molar-refractivity contribution in [2.24, 2.45) is 0 Å². The van der Waals surface area contributed by atoms with Gasteiger partial charge in [-0.25, -0.2) is 0 Å². The van der Waals surface area contributed by atoms with Gasteiger partial charge in [-0.05, 0) is 17.7 Å². The summed E-state index contributed by atoms with van der Waals surface area (Å²) in [6.07, 6.45) is 0.573. The Hall–Kier alpha value is -1.74. The van der Waals surface area contributed by atoms with E-state index in [4.69, 9.17) is 0 Å². The molecule has 2 nitrogen and oxygen atoms in total. The second kappa shape index (κ2) is 4.86. The van der Waals surface area contributed by atoms with Gasteiger partial charge in [-0.3, -0.25) is 4.79 Å². The first kappa shape index (κ1) is 11.4. The minimum absolute atomic E-state index is 0.145. The SMILES string of the molecule is O=C1CC(c2ccccc2)N(c2ccccc2)S1. The molecule has 0 saturated carbocycles. The van der Waals surface area contributed by atoms with Crippen molar-refractivity contribution in [3.63, 3.8) is 0 Å². The largest absolute Gasteiger partial charge is 0.302 e. The van der Waals surface area contributed by atoms with E-state index < -0.39 is 0 Å². The molecule has 0 radical (unpaired) electrons. The summed E-state index contributed by atoms with van der Waals surface area (Å²) in [6, 6.07) is 20.4. The Kier molecular flexibility index (Phi) is 3.07. The number of hydrogen-bond acceptors (Lipinski definition) is 3. The molecule has 1 aliphatic rings. The summed E-state index contributed by atoms with van der Waals surface area (Å²) in [5, 5.41) is 0.229. The number of para-hydroxylation sites is 1. The molecule has 1 unspecified atom stereocenters. The summed E-state index contributed by atoms with van der Waals surface area (Å²) < 4.78 is 2.11. The van der Waals surface area contributed by atoms with E-state index in [1.807, 2.05) is 48.5 Å². The molecule has 0 aliphatic carbocycles. The van der Waals surface area contributed by atoms with Crippen molar-refractivity contribution in [3.05, 3.63) is 66.2 Å². The number of nitrogens with zero attached hydrogens (tertiary/aromatic N) is 1. The van der Waals surface area contributed by atoms with Crippen LogP contribution in [0.3, 0.4) is 0 Å². The first-order valence-electron chi connectivity index (χ1n) is 5.94. The van der Waals surface area contributed by atoms with Gasteiger partial charge in [0.25, 0.3) is 0 Å². The molecule has 90 valence electrons. The number of carbonyl (C=O) groups excluding carboxylic acids is 1. The number of anilines is 1. The fourth-order valence-corrected chi connectivity index (χ4v) is 3.19. The van der Waals surface area contributed by atoms with Crippen LogP contribution in [0, 0.1) is 0 Å². The lowest BCUT2D eigenvalue weighted by Crippen LogP contribution is -2.15. The molecule has 1 heterocycles. The highest BCUT2D eigenvalue weighted by Gasteiger charge is 2.33. The number of benzene rings is 2. The van der Waals surface area contributed by atoms with E-state index in [0.717, 1.165) is 5.69 Å². The second-order valence-electron chi connectivity index (χ2n) is 4.26. The predicted octanol–water partition coefficient (Wildman–Crippen LogP) is 3.81. The molecule has 2 aromatic carbocycles. The van der Waals surface area contributed by atoms with Crippen LogP contribution in [-0.4, -0.2) is 5.12 Å². The summed E-state index contributed by atoms with van der Waals surface area (Å²) in [6.45, 7) is 0. The molecule has 1 aliphatic heterocycles. The van der Waals surface area contributed by atoms with Gasteiger partial charge in [0.05, 0.1) is 6.04 Å². The maximum Gasteiger partial charge on any atom is 0.211 e. The lowest BCUT2D eigenvalue weighted by atomic mass is 10.0.